The summed E-state index contributed by atoms with van der Waals surface area (Å²) in [5, 5.41) is 11.2. The van der Waals surface area contributed by atoms with E-state index in [1.807, 2.05) is 24.7 Å². The Bertz CT molecular complexity index is 345. The highest BCUT2D eigenvalue weighted by Crippen LogP contribution is 2.00. The van der Waals surface area contributed by atoms with Gasteiger partial charge in [0.2, 0.25) is 0 Å². The first-order valence-corrected chi connectivity index (χ1v) is 6.04. The van der Waals surface area contributed by atoms with E-state index in [0.29, 0.717) is 11.7 Å². The number of rotatable bonds is 6. The van der Waals surface area contributed by atoms with Gasteiger partial charge in [0, 0.05) is 33.0 Å². The van der Waals surface area contributed by atoms with Crippen LogP contribution in [0.5, 0.6) is 0 Å². The zero-order valence-electron chi connectivity index (χ0n) is 10.6. The van der Waals surface area contributed by atoms with E-state index in [0.717, 1.165) is 31.0 Å². The maximum absolute atomic E-state index is 5.14. The van der Waals surface area contributed by atoms with Crippen molar-refractivity contribution in [1.29, 1.82) is 0 Å². The lowest BCUT2D eigenvalue weighted by Gasteiger charge is -2.08. The monoisotopic (exact) mass is 256 g/mol. The van der Waals surface area contributed by atoms with Crippen molar-refractivity contribution in [3.63, 3.8) is 0 Å². The molecule has 0 radical (unpaired) electrons. The Morgan fingerprint density at radius 1 is 1.53 bits per heavy atom. The highest BCUT2D eigenvalue weighted by atomic mass is 32.1. The van der Waals surface area contributed by atoms with Crippen LogP contribution in [0.4, 0.5) is 0 Å². The highest BCUT2D eigenvalue weighted by Gasteiger charge is 2.01. The fourth-order valence-electron chi connectivity index (χ4n) is 1.37. The summed E-state index contributed by atoms with van der Waals surface area (Å²) < 4.78 is 6.81. The van der Waals surface area contributed by atoms with Gasteiger partial charge in [0.25, 0.3) is 0 Å². The summed E-state index contributed by atoms with van der Waals surface area (Å²) in [5.74, 6) is 0. The van der Waals surface area contributed by atoms with E-state index in [-0.39, 0.29) is 0 Å². The summed E-state index contributed by atoms with van der Waals surface area (Å²) in [7, 11) is 3.63. The number of ether oxygens (including phenoxy) is 1. The minimum Gasteiger partial charge on any atom is -0.385 e. The molecule has 0 spiro atoms. The van der Waals surface area contributed by atoms with Crippen molar-refractivity contribution >= 4 is 17.3 Å². The molecule has 1 aromatic heterocycles. The molecule has 0 unspecified atom stereocenters. The predicted molar refractivity (Wildman–Crippen MR) is 71.9 cm³/mol. The van der Waals surface area contributed by atoms with Crippen LogP contribution in [0.15, 0.2) is 6.07 Å². The molecule has 0 aliphatic rings. The van der Waals surface area contributed by atoms with Gasteiger partial charge < -0.3 is 15.4 Å². The van der Waals surface area contributed by atoms with E-state index >= 15 is 0 Å². The second-order valence-corrected chi connectivity index (χ2v) is 4.26. The molecule has 96 valence electrons. The molecule has 6 heteroatoms. The second kappa shape index (κ2) is 7.24. The standard InChI is InChI=1S/C11H20N4OS/c1-9-7-10(14-15(9)2)8-13-11(17)12-5-4-6-16-3/h7H,4-6,8H2,1-3H3,(H2,12,13,17). The van der Waals surface area contributed by atoms with Gasteiger partial charge in [-0.1, -0.05) is 0 Å². The Morgan fingerprint density at radius 3 is 2.88 bits per heavy atom. The highest BCUT2D eigenvalue weighted by molar-refractivity contribution is 7.80. The number of hydrogen-bond donors (Lipinski definition) is 2. The molecule has 0 bridgehead atoms. The molecule has 0 aromatic carbocycles. The molecule has 0 amide bonds. The van der Waals surface area contributed by atoms with Gasteiger partial charge in [0.15, 0.2) is 5.11 Å². The quantitative estimate of drug-likeness (QED) is 0.580. The molecule has 17 heavy (non-hydrogen) atoms. The maximum atomic E-state index is 5.14. The van der Waals surface area contributed by atoms with Crippen LogP contribution in [0, 0.1) is 6.92 Å². The molecule has 2 N–H and O–H groups in total. The summed E-state index contributed by atoms with van der Waals surface area (Å²) in [4.78, 5) is 0. The third-order valence-electron chi connectivity index (χ3n) is 2.41. The number of aryl methyl sites for hydroxylation is 2. The fraction of sp³-hybridized carbons (Fsp3) is 0.636. The van der Waals surface area contributed by atoms with Crippen LogP contribution in [0.25, 0.3) is 0 Å². The number of methoxy groups -OCH3 is 1. The number of nitrogens with one attached hydrogen (secondary N) is 2. The predicted octanol–water partition coefficient (Wildman–Crippen LogP) is 0.729. The van der Waals surface area contributed by atoms with Crippen molar-refractivity contribution in [2.24, 2.45) is 7.05 Å². The van der Waals surface area contributed by atoms with E-state index < -0.39 is 0 Å². The first kappa shape index (κ1) is 13.9. The second-order valence-electron chi connectivity index (χ2n) is 3.86. The molecule has 0 saturated heterocycles. The maximum Gasteiger partial charge on any atom is 0.166 e. The first-order valence-electron chi connectivity index (χ1n) is 5.63. The smallest absolute Gasteiger partial charge is 0.166 e. The molecular formula is C11H20N4OS. The Labute approximate surface area is 108 Å². The molecule has 1 aromatic rings. The molecule has 1 rings (SSSR count). The van der Waals surface area contributed by atoms with Crippen LogP contribution in [0.1, 0.15) is 17.8 Å². The van der Waals surface area contributed by atoms with Crippen molar-refractivity contribution in [3.8, 4) is 0 Å². The van der Waals surface area contributed by atoms with E-state index in [1.165, 1.54) is 0 Å². The van der Waals surface area contributed by atoms with Gasteiger partial charge in [-0.3, -0.25) is 4.68 Å². The molecule has 1 heterocycles. The van der Waals surface area contributed by atoms with Gasteiger partial charge in [-0.25, -0.2) is 0 Å². The molecule has 0 saturated carbocycles. The Morgan fingerprint density at radius 2 is 2.29 bits per heavy atom. The van der Waals surface area contributed by atoms with E-state index in [2.05, 4.69) is 15.7 Å². The van der Waals surface area contributed by atoms with Gasteiger partial charge in [-0.2, -0.15) is 5.10 Å². The zero-order valence-corrected chi connectivity index (χ0v) is 11.4. The van der Waals surface area contributed by atoms with Gasteiger partial charge in [-0.05, 0) is 31.6 Å². The molecule has 0 fully saturated rings. The van der Waals surface area contributed by atoms with Gasteiger partial charge in [-0.15, -0.1) is 0 Å². The third kappa shape index (κ3) is 5.14. The average Bonchev–Trinajstić information content (AvgIpc) is 2.62. The number of thiocarbonyl (C=S) groups is 1. The summed E-state index contributed by atoms with van der Waals surface area (Å²) in [6.07, 6.45) is 0.945. The van der Waals surface area contributed by atoms with Crippen molar-refractivity contribution in [2.45, 2.75) is 19.9 Å². The van der Waals surface area contributed by atoms with Crippen molar-refractivity contribution in [3.05, 3.63) is 17.5 Å². The Hall–Kier alpha value is -1.14. The molecule has 0 atom stereocenters. The normalized spacial score (nSPS) is 10.3. The zero-order chi connectivity index (χ0) is 12.7. The number of nitrogens with zero attached hydrogens (tertiary/aromatic N) is 2. The van der Waals surface area contributed by atoms with E-state index in [9.17, 15) is 0 Å². The Kier molecular flexibility index (Phi) is 5.93. The molecule has 0 aliphatic heterocycles. The number of aromatic nitrogens is 2. The number of hydrogen-bond acceptors (Lipinski definition) is 3. The fourth-order valence-corrected chi connectivity index (χ4v) is 1.55. The molecular weight excluding hydrogens is 236 g/mol. The van der Waals surface area contributed by atoms with Crippen molar-refractivity contribution < 1.29 is 4.74 Å². The summed E-state index contributed by atoms with van der Waals surface area (Å²) in [6.45, 7) is 4.24. The third-order valence-corrected chi connectivity index (χ3v) is 2.69. The summed E-state index contributed by atoms with van der Waals surface area (Å²) in [5.41, 5.74) is 2.13. The van der Waals surface area contributed by atoms with Crippen LogP contribution in [0.3, 0.4) is 0 Å². The topological polar surface area (TPSA) is 51.1 Å². The van der Waals surface area contributed by atoms with E-state index in [1.54, 1.807) is 7.11 Å². The lowest BCUT2D eigenvalue weighted by molar-refractivity contribution is 0.195. The molecule has 5 nitrogen and oxygen atoms in total. The largest absolute Gasteiger partial charge is 0.385 e. The van der Waals surface area contributed by atoms with Crippen molar-refractivity contribution in [1.82, 2.24) is 20.4 Å². The van der Waals surface area contributed by atoms with Gasteiger partial charge in [0.05, 0.1) is 12.2 Å². The lowest BCUT2D eigenvalue weighted by atomic mass is 10.4. The average molecular weight is 256 g/mol. The minimum atomic E-state index is 0.651. The van der Waals surface area contributed by atoms with Crippen LogP contribution in [-0.4, -0.2) is 35.2 Å². The van der Waals surface area contributed by atoms with Crippen LogP contribution in [0.2, 0.25) is 0 Å². The summed E-state index contributed by atoms with van der Waals surface area (Å²) >= 11 is 5.14. The lowest BCUT2D eigenvalue weighted by Crippen LogP contribution is -2.35. The minimum absolute atomic E-state index is 0.651. The van der Waals surface area contributed by atoms with E-state index in [4.69, 9.17) is 17.0 Å². The summed E-state index contributed by atoms with van der Waals surface area (Å²) in [6, 6.07) is 2.04. The van der Waals surface area contributed by atoms with Gasteiger partial charge in [0.1, 0.15) is 0 Å². The SMILES string of the molecule is COCCCNC(=S)NCc1cc(C)n(C)n1. The van der Waals surface area contributed by atoms with Crippen molar-refractivity contribution in [2.75, 3.05) is 20.3 Å². The van der Waals surface area contributed by atoms with Crippen LogP contribution >= 0.6 is 12.2 Å². The Balaban J connectivity index is 2.19. The first-order chi connectivity index (χ1) is 8.13. The molecule has 0 aliphatic carbocycles. The van der Waals surface area contributed by atoms with Crippen LogP contribution < -0.4 is 10.6 Å². The van der Waals surface area contributed by atoms with Gasteiger partial charge >= 0.3 is 0 Å². The van der Waals surface area contributed by atoms with Crippen LogP contribution in [-0.2, 0) is 18.3 Å².